The van der Waals surface area contributed by atoms with Gasteiger partial charge in [-0.3, -0.25) is 0 Å². The van der Waals surface area contributed by atoms with Crippen molar-refractivity contribution in [3.8, 4) is 0 Å². The van der Waals surface area contributed by atoms with Gasteiger partial charge in [-0.25, -0.2) is 9.97 Å². The van der Waals surface area contributed by atoms with Crippen molar-refractivity contribution < 1.29 is 4.74 Å². The lowest BCUT2D eigenvalue weighted by Crippen LogP contribution is -2.31. The average molecular weight is 250 g/mol. The number of nitrogens with one attached hydrogen (secondary N) is 2. The highest BCUT2D eigenvalue weighted by atomic mass is 16.5. The molecule has 100 valence electrons. The van der Waals surface area contributed by atoms with Crippen LogP contribution in [0.25, 0.3) is 0 Å². The molecule has 2 N–H and O–H groups in total. The van der Waals surface area contributed by atoms with Crippen LogP contribution in [0.5, 0.6) is 0 Å². The predicted octanol–water partition coefficient (Wildman–Crippen LogP) is 2.23. The predicted molar refractivity (Wildman–Crippen MR) is 73.1 cm³/mol. The van der Waals surface area contributed by atoms with E-state index in [1.807, 2.05) is 7.05 Å². The summed E-state index contributed by atoms with van der Waals surface area (Å²) in [4.78, 5) is 8.66. The van der Waals surface area contributed by atoms with Crippen LogP contribution in [0.1, 0.15) is 38.2 Å². The summed E-state index contributed by atoms with van der Waals surface area (Å²) >= 11 is 0. The van der Waals surface area contributed by atoms with E-state index in [1.54, 1.807) is 6.33 Å². The molecule has 5 heteroatoms. The average Bonchev–Trinajstić information content (AvgIpc) is 2.39. The molecule has 1 fully saturated rings. The Morgan fingerprint density at radius 1 is 1.33 bits per heavy atom. The molecule has 1 unspecified atom stereocenters. The Morgan fingerprint density at radius 3 is 2.72 bits per heavy atom. The lowest BCUT2D eigenvalue weighted by Gasteiger charge is -2.25. The summed E-state index contributed by atoms with van der Waals surface area (Å²) in [6, 6.07) is 0.357. The molecule has 0 saturated carbocycles. The van der Waals surface area contributed by atoms with Gasteiger partial charge in [-0.1, -0.05) is 13.8 Å². The van der Waals surface area contributed by atoms with Crippen LogP contribution in [0.15, 0.2) is 6.33 Å². The van der Waals surface area contributed by atoms with E-state index in [-0.39, 0.29) is 0 Å². The van der Waals surface area contributed by atoms with E-state index >= 15 is 0 Å². The number of ether oxygens (including phenoxy) is 1. The largest absolute Gasteiger partial charge is 0.379 e. The first-order valence-corrected chi connectivity index (χ1v) is 6.59. The maximum absolute atomic E-state index is 5.49. The minimum absolute atomic E-state index is 0.357. The molecular weight excluding hydrogens is 228 g/mol. The summed E-state index contributed by atoms with van der Waals surface area (Å²) in [5.74, 6) is 2.21. The summed E-state index contributed by atoms with van der Waals surface area (Å²) in [5, 5.41) is 6.62. The molecule has 0 amide bonds. The van der Waals surface area contributed by atoms with Gasteiger partial charge in [0.05, 0.1) is 12.6 Å². The van der Waals surface area contributed by atoms with Crippen molar-refractivity contribution in [2.24, 2.45) is 0 Å². The third kappa shape index (κ3) is 2.90. The van der Waals surface area contributed by atoms with Crippen LogP contribution in [-0.2, 0) is 4.74 Å². The van der Waals surface area contributed by atoms with Crippen molar-refractivity contribution in [1.29, 1.82) is 0 Å². The maximum Gasteiger partial charge on any atom is 0.135 e. The first-order valence-electron chi connectivity index (χ1n) is 6.59. The highest BCUT2D eigenvalue weighted by Gasteiger charge is 2.19. The minimum Gasteiger partial charge on any atom is -0.379 e. The van der Waals surface area contributed by atoms with Crippen LogP contribution in [0.3, 0.4) is 0 Å². The molecule has 0 aromatic carbocycles. The fourth-order valence-corrected chi connectivity index (χ4v) is 2.30. The number of anilines is 2. The summed E-state index contributed by atoms with van der Waals surface area (Å²) < 4.78 is 5.49. The van der Waals surface area contributed by atoms with Crippen LogP contribution in [0.2, 0.25) is 0 Å². The highest BCUT2D eigenvalue weighted by Crippen LogP contribution is 2.29. The van der Waals surface area contributed by atoms with Gasteiger partial charge in [-0.2, -0.15) is 0 Å². The van der Waals surface area contributed by atoms with E-state index in [2.05, 4.69) is 34.4 Å². The number of hydrogen-bond acceptors (Lipinski definition) is 5. The Morgan fingerprint density at radius 2 is 2.11 bits per heavy atom. The van der Waals surface area contributed by atoms with Gasteiger partial charge < -0.3 is 15.4 Å². The molecule has 2 heterocycles. The number of rotatable bonds is 4. The zero-order chi connectivity index (χ0) is 13.0. The van der Waals surface area contributed by atoms with Crippen molar-refractivity contribution in [1.82, 2.24) is 9.97 Å². The van der Waals surface area contributed by atoms with E-state index in [0.717, 1.165) is 43.3 Å². The Kier molecular flexibility index (Phi) is 4.36. The van der Waals surface area contributed by atoms with Crippen molar-refractivity contribution in [2.45, 2.75) is 38.6 Å². The summed E-state index contributed by atoms with van der Waals surface area (Å²) in [7, 11) is 1.89. The van der Waals surface area contributed by atoms with Crippen molar-refractivity contribution in [2.75, 3.05) is 30.9 Å². The van der Waals surface area contributed by atoms with Gasteiger partial charge in [0.1, 0.15) is 18.0 Å². The number of aromatic nitrogens is 2. The van der Waals surface area contributed by atoms with Crippen molar-refractivity contribution in [3.63, 3.8) is 0 Å². The maximum atomic E-state index is 5.49. The third-order valence-electron chi connectivity index (χ3n) is 3.20. The molecule has 2 rings (SSSR count). The van der Waals surface area contributed by atoms with E-state index in [4.69, 9.17) is 4.74 Å². The molecule has 1 aliphatic heterocycles. The Labute approximate surface area is 108 Å². The Balaban J connectivity index is 2.20. The molecular formula is C13H22N4O. The van der Waals surface area contributed by atoms with Gasteiger partial charge >= 0.3 is 0 Å². The quantitative estimate of drug-likeness (QED) is 0.858. The van der Waals surface area contributed by atoms with Crippen LogP contribution >= 0.6 is 0 Å². The molecule has 18 heavy (non-hydrogen) atoms. The lowest BCUT2D eigenvalue weighted by molar-refractivity contribution is 0.0875. The van der Waals surface area contributed by atoms with Gasteiger partial charge in [0.15, 0.2) is 0 Å². The zero-order valence-electron chi connectivity index (χ0n) is 11.4. The molecule has 1 aromatic heterocycles. The molecule has 1 atom stereocenters. The number of nitrogens with zero attached hydrogens (tertiary/aromatic N) is 2. The zero-order valence-corrected chi connectivity index (χ0v) is 11.4. The summed E-state index contributed by atoms with van der Waals surface area (Å²) in [5.41, 5.74) is 1.14. The Hall–Kier alpha value is -1.36. The van der Waals surface area contributed by atoms with Crippen LogP contribution in [0.4, 0.5) is 11.6 Å². The Bertz CT molecular complexity index is 389. The second kappa shape index (κ2) is 6.00. The van der Waals surface area contributed by atoms with E-state index < -0.39 is 0 Å². The van der Waals surface area contributed by atoms with Crippen molar-refractivity contribution in [3.05, 3.63) is 11.9 Å². The molecule has 1 saturated heterocycles. The van der Waals surface area contributed by atoms with Gasteiger partial charge in [0.2, 0.25) is 0 Å². The second-order valence-corrected chi connectivity index (χ2v) is 4.95. The van der Waals surface area contributed by atoms with Crippen molar-refractivity contribution >= 4 is 11.6 Å². The molecule has 0 bridgehead atoms. The molecule has 0 aliphatic carbocycles. The smallest absolute Gasteiger partial charge is 0.135 e. The minimum atomic E-state index is 0.357. The van der Waals surface area contributed by atoms with E-state index in [1.165, 1.54) is 0 Å². The normalized spacial score (nSPS) is 19.9. The van der Waals surface area contributed by atoms with Gasteiger partial charge in [-0.15, -0.1) is 0 Å². The fourth-order valence-electron chi connectivity index (χ4n) is 2.30. The summed E-state index contributed by atoms with van der Waals surface area (Å²) in [6.45, 7) is 5.95. The van der Waals surface area contributed by atoms with Gasteiger partial charge in [0, 0.05) is 19.2 Å². The van der Waals surface area contributed by atoms with Crippen LogP contribution in [0, 0.1) is 0 Å². The monoisotopic (exact) mass is 250 g/mol. The van der Waals surface area contributed by atoms with Crippen LogP contribution < -0.4 is 10.6 Å². The number of hydrogen-bond donors (Lipinski definition) is 2. The third-order valence-corrected chi connectivity index (χ3v) is 3.20. The first-order chi connectivity index (χ1) is 8.72. The van der Waals surface area contributed by atoms with Gasteiger partial charge in [-0.05, 0) is 18.8 Å². The van der Waals surface area contributed by atoms with E-state index in [9.17, 15) is 0 Å². The highest BCUT2D eigenvalue weighted by molar-refractivity contribution is 5.59. The van der Waals surface area contributed by atoms with Crippen LogP contribution in [-0.4, -0.2) is 36.3 Å². The molecule has 1 aliphatic rings. The molecule has 5 nitrogen and oxygen atoms in total. The second-order valence-electron chi connectivity index (χ2n) is 4.95. The topological polar surface area (TPSA) is 59.1 Å². The SMILES string of the molecule is CNc1ncnc(NC2CCCOC2)c1C(C)C. The van der Waals surface area contributed by atoms with E-state index in [0.29, 0.717) is 12.0 Å². The molecule has 0 spiro atoms. The lowest BCUT2D eigenvalue weighted by atomic mass is 10.0. The fraction of sp³-hybridized carbons (Fsp3) is 0.692. The first kappa shape index (κ1) is 13.1. The molecule has 1 aromatic rings. The molecule has 0 radical (unpaired) electrons. The standard InChI is InChI=1S/C13H22N4O/c1-9(2)11-12(14-3)15-8-16-13(11)17-10-5-4-6-18-7-10/h8-10H,4-7H2,1-3H3,(H2,14,15,16,17). The van der Waals surface area contributed by atoms with Gasteiger partial charge in [0.25, 0.3) is 0 Å². The summed E-state index contributed by atoms with van der Waals surface area (Å²) in [6.07, 6.45) is 3.85.